The molecule has 2 aliphatic rings. The third kappa shape index (κ3) is 5.95. The maximum Gasteiger partial charge on any atom is 0.514 e. The molecular formula is C34H42N2O9Si. The van der Waals surface area contributed by atoms with Gasteiger partial charge in [-0.2, -0.15) is 0 Å². The SMILES string of the molecule is CC[C@@]1(OC(=O)[C@H](C)CC(C)(C)[Si](C)(C)O)C(=O)OCc2c1cc1n(c2=O)Cc2cc3cc(OC(=O)OC(C)(C)C)ccc3nc2-1. The number of benzene rings is 1. The number of hydrogen-bond donors (Lipinski definition) is 1. The lowest BCUT2D eigenvalue weighted by molar-refractivity contribution is -0.192. The summed E-state index contributed by atoms with van der Waals surface area (Å²) in [6.45, 7) is 16.2. The van der Waals surface area contributed by atoms with Gasteiger partial charge in [0.05, 0.1) is 34.9 Å². The normalized spacial score (nSPS) is 18.3. The van der Waals surface area contributed by atoms with Gasteiger partial charge in [-0.05, 0) is 82.1 Å². The zero-order chi connectivity index (χ0) is 34.0. The number of rotatable bonds is 7. The van der Waals surface area contributed by atoms with Crippen LogP contribution in [0.25, 0.3) is 22.3 Å². The molecule has 0 saturated carbocycles. The lowest BCUT2D eigenvalue weighted by Gasteiger charge is -2.39. The van der Waals surface area contributed by atoms with Gasteiger partial charge >= 0.3 is 18.1 Å². The molecular weight excluding hydrogens is 608 g/mol. The van der Waals surface area contributed by atoms with Gasteiger partial charge in [-0.3, -0.25) is 9.59 Å². The minimum Gasteiger partial charge on any atom is -0.457 e. The van der Waals surface area contributed by atoms with E-state index < -0.39 is 48.6 Å². The molecule has 0 aliphatic carbocycles. The maximum absolute atomic E-state index is 13.9. The van der Waals surface area contributed by atoms with Crippen molar-refractivity contribution in [1.82, 2.24) is 9.55 Å². The Hall–Kier alpha value is -4.03. The van der Waals surface area contributed by atoms with E-state index in [4.69, 9.17) is 23.9 Å². The van der Waals surface area contributed by atoms with Crippen LogP contribution in [0.1, 0.15) is 78.0 Å². The molecule has 4 heterocycles. The number of carbonyl (C=O) groups is 3. The number of cyclic esters (lactones) is 1. The zero-order valence-corrected chi connectivity index (χ0v) is 28.9. The van der Waals surface area contributed by atoms with Crippen LogP contribution >= 0.6 is 0 Å². The first-order valence-electron chi connectivity index (χ1n) is 15.5. The van der Waals surface area contributed by atoms with Gasteiger partial charge in [-0.25, -0.2) is 14.6 Å². The van der Waals surface area contributed by atoms with Crippen LogP contribution in [-0.2, 0) is 42.6 Å². The Bertz CT molecular complexity index is 1820. The Morgan fingerprint density at radius 1 is 1.13 bits per heavy atom. The first-order valence-corrected chi connectivity index (χ1v) is 18.5. The van der Waals surface area contributed by atoms with Crippen molar-refractivity contribution < 1.29 is 38.1 Å². The van der Waals surface area contributed by atoms with E-state index in [9.17, 15) is 24.0 Å². The van der Waals surface area contributed by atoms with Crippen molar-refractivity contribution in [2.45, 2.75) is 104 Å². The molecule has 12 heteroatoms. The van der Waals surface area contributed by atoms with E-state index in [2.05, 4.69) is 0 Å². The van der Waals surface area contributed by atoms with Gasteiger partial charge in [-0.15, -0.1) is 0 Å². The highest BCUT2D eigenvalue weighted by molar-refractivity contribution is 6.72. The quantitative estimate of drug-likeness (QED) is 0.110. The molecule has 0 unspecified atom stereocenters. The third-order valence-electron chi connectivity index (χ3n) is 9.19. The lowest BCUT2D eigenvalue weighted by atomic mass is 9.85. The number of aromatic nitrogens is 2. The van der Waals surface area contributed by atoms with Crippen LogP contribution in [0.2, 0.25) is 18.1 Å². The van der Waals surface area contributed by atoms with Crippen molar-refractivity contribution in [3.05, 3.63) is 57.4 Å². The fraction of sp³-hybridized carbons (Fsp3) is 0.500. The fourth-order valence-corrected chi connectivity index (χ4v) is 6.73. The van der Waals surface area contributed by atoms with Crippen LogP contribution in [0, 0.1) is 5.92 Å². The summed E-state index contributed by atoms with van der Waals surface area (Å²) >= 11 is 0. The van der Waals surface area contributed by atoms with Crippen LogP contribution in [0.15, 0.2) is 35.1 Å². The largest absolute Gasteiger partial charge is 0.514 e. The van der Waals surface area contributed by atoms with Crippen molar-refractivity contribution >= 4 is 37.3 Å². The van der Waals surface area contributed by atoms with E-state index >= 15 is 0 Å². The molecule has 46 heavy (non-hydrogen) atoms. The highest BCUT2D eigenvalue weighted by atomic mass is 28.4. The smallest absolute Gasteiger partial charge is 0.457 e. The number of nitrogens with zero attached hydrogens (tertiary/aromatic N) is 2. The number of pyridine rings is 2. The standard InChI is InChI=1S/C34H42N2O9Si/c1-10-34(44-29(38)19(2)16-33(6,7)46(8,9)41)24-15-26-27-21(17-36(26)28(37)23(24)18-42-30(34)39)13-20-14-22(11-12-25(20)35-27)43-31(40)45-32(3,4)5/h11-15,19,41H,10,16-18H2,1-9H3/t19-,34+/m1/s1. The first-order chi connectivity index (χ1) is 21.3. The van der Waals surface area contributed by atoms with Crippen LogP contribution in [0.3, 0.4) is 0 Å². The molecule has 2 atom stereocenters. The summed E-state index contributed by atoms with van der Waals surface area (Å²) in [7, 11) is -2.61. The highest BCUT2D eigenvalue weighted by Gasteiger charge is 2.51. The summed E-state index contributed by atoms with van der Waals surface area (Å²) in [6.07, 6.45) is -0.396. The van der Waals surface area contributed by atoms with E-state index in [0.29, 0.717) is 40.0 Å². The maximum atomic E-state index is 13.9. The van der Waals surface area contributed by atoms with E-state index in [1.54, 1.807) is 63.5 Å². The van der Waals surface area contributed by atoms with Crippen LogP contribution < -0.4 is 10.3 Å². The van der Waals surface area contributed by atoms with Crippen molar-refractivity contribution in [3.8, 4) is 17.1 Å². The molecule has 5 rings (SSSR count). The summed E-state index contributed by atoms with van der Waals surface area (Å²) in [4.78, 5) is 68.6. The predicted molar refractivity (Wildman–Crippen MR) is 173 cm³/mol. The number of esters is 2. The van der Waals surface area contributed by atoms with Gasteiger partial charge in [0, 0.05) is 16.5 Å². The number of hydrogen-bond acceptors (Lipinski definition) is 10. The van der Waals surface area contributed by atoms with Gasteiger partial charge in [-0.1, -0.05) is 27.7 Å². The average Bonchev–Trinajstić information content (AvgIpc) is 3.29. The molecule has 0 fully saturated rings. The second-order valence-electron chi connectivity index (χ2n) is 14.5. The van der Waals surface area contributed by atoms with Gasteiger partial charge in [0.1, 0.15) is 18.0 Å². The molecule has 1 N–H and O–H groups in total. The monoisotopic (exact) mass is 650 g/mol. The molecule has 3 aromatic rings. The van der Waals surface area contributed by atoms with Crippen molar-refractivity contribution in [3.63, 3.8) is 0 Å². The third-order valence-corrected chi connectivity index (χ3v) is 12.7. The van der Waals surface area contributed by atoms with Crippen LogP contribution in [0.5, 0.6) is 5.75 Å². The molecule has 2 aromatic heterocycles. The number of fused-ring (bicyclic) bond motifs is 5. The Labute approximate surface area is 269 Å². The van der Waals surface area contributed by atoms with Crippen molar-refractivity contribution in [1.29, 1.82) is 0 Å². The van der Waals surface area contributed by atoms with Crippen molar-refractivity contribution in [2.75, 3.05) is 0 Å². The Morgan fingerprint density at radius 3 is 2.46 bits per heavy atom. The highest BCUT2D eigenvalue weighted by Crippen LogP contribution is 2.44. The summed E-state index contributed by atoms with van der Waals surface area (Å²) in [5.74, 6) is -1.67. The average molecular weight is 651 g/mol. The second kappa shape index (κ2) is 11.3. The van der Waals surface area contributed by atoms with Crippen LogP contribution in [0.4, 0.5) is 4.79 Å². The molecule has 0 spiro atoms. The minimum absolute atomic E-state index is 0.0578. The van der Waals surface area contributed by atoms with E-state index in [1.807, 2.05) is 33.0 Å². The Kier molecular flexibility index (Phi) is 8.22. The summed E-state index contributed by atoms with van der Waals surface area (Å²) in [6, 6.07) is 8.61. The molecule has 11 nitrogen and oxygen atoms in total. The Balaban J connectivity index is 1.51. The molecule has 0 amide bonds. The molecule has 246 valence electrons. The topological polar surface area (TPSA) is 143 Å². The summed E-state index contributed by atoms with van der Waals surface area (Å²) in [5.41, 5.74) is 0.118. The molecule has 1 aromatic carbocycles. The van der Waals surface area contributed by atoms with Gasteiger partial charge in [0.2, 0.25) is 5.60 Å². The zero-order valence-electron chi connectivity index (χ0n) is 27.9. The summed E-state index contributed by atoms with van der Waals surface area (Å²) < 4.78 is 23.7. The Morgan fingerprint density at radius 2 is 1.83 bits per heavy atom. The van der Waals surface area contributed by atoms with Gasteiger partial charge in [0.15, 0.2) is 8.32 Å². The molecule has 0 saturated heterocycles. The first kappa shape index (κ1) is 33.3. The molecule has 0 bridgehead atoms. The molecule has 0 radical (unpaired) electrons. The van der Waals surface area contributed by atoms with Crippen molar-refractivity contribution in [2.24, 2.45) is 5.92 Å². The minimum atomic E-state index is -2.61. The fourth-order valence-electron chi connectivity index (χ4n) is 5.92. The van der Waals surface area contributed by atoms with E-state index in [-0.39, 0.29) is 30.7 Å². The van der Waals surface area contributed by atoms with Gasteiger partial charge < -0.3 is 28.3 Å². The van der Waals surface area contributed by atoms with Crippen LogP contribution in [-0.4, -0.2) is 46.4 Å². The number of carbonyl (C=O) groups excluding carboxylic acids is 3. The predicted octanol–water partition coefficient (Wildman–Crippen LogP) is 5.95. The van der Waals surface area contributed by atoms with E-state index in [0.717, 1.165) is 5.56 Å². The summed E-state index contributed by atoms with van der Waals surface area (Å²) in [5, 5.41) is 0.211. The van der Waals surface area contributed by atoms with Gasteiger partial charge in [0.25, 0.3) is 5.56 Å². The molecule has 2 aliphatic heterocycles. The second-order valence-corrected chi connectivity index (χ2v) is 18.9. The van der Waals surface area contributed by atoms with E-state index in [1.165, 1.54) is 0 Å². The number of ether oxygens (including phenoxy) is 4. The lowest BCUT2D eigenvalue weighted by Crippen LogP contribution is -2.48.